The smallest absolute Gasteiger partial charge is 0.188 e. The molecule has 54 heavy (non-hydrogen) atoms. The van der Waals surface area contributed by atoms with Crippen LogP contribution < -0.4 is 0 Å². The normalized spacial score (nSPS) is 11.3. The average molecular weight is 687 g/mol. The first-order valence-corrected chi connectivity index (χ1v) is 17.9. The lowest BCUT2D eigenvalue weighted by atomic mass is 9.92. The zero-order valence-electron chi connectivity index (χ0n) is 29.1. The number of nitrogens with zero attached hydrogens (tertiary/aromatic N) is 4. The first-order valence-electron chi connectivity index (χ1n) is 17.9. The predicted octanol–water partition coefficient (Wildman–Crippen LogP) is 14.0. The Labute approximate surface area is 312 Å². The molecule has 0 saturated heterocycles. The molecule has 10 aromatic rings. The van der Waals surface area contributed by atoms with Gasteiger partial charge in [0.2, 0.25) is 0 Å². The highest BCUT2D eigenvalue weighted by Crippen LogP contribution is 2.45. The molecule has 250 valence electrons. The molecule has 8 aromatic carbocycles. The molecule has 0 amide bonds. The first kappa shape index (κ1) is 31.1. The molecule has 2 heterocycles. The molecule has 0 fully saturated rings. The molecule has 0 N–H and O–H groups in total. The second-order valence-electron chi connectivity index (χ2n) is 13.5. The SMILES string of the molecule is [C-]#[N+]c1ccc2c(c1)c1cc([N+]#[C-])ccc1n2-c1ccc(-c2ccccc2)cc1-c1cccc(-c2ccccc2)c1-n1c2ccccc2c2ccccc21. The fourth-order valence-electron chi connectivity index (χ4n) is 8.17. The van der Waals surface area contributed by atoms with E-state index in [1.807, 2.05) is 36.4 Å². The van der Waals surface area contributed by atoms with E-state index in [0.717, 1.165) is 77.6 Å². The van der Waals surface area contributed by atoms with Crippen LogP contribution in [0.25, 0.3) is 98.1 Å². The Kier molecular flexibility index (Phi) is 7.22. The molecule has 10 rings (SSSR count). The summed E-state index contributed by atoms with van der Waals surface area (Å²) in [6.45, 7) is 15.6. The molecule has 2 aromatic heterocycles. The molecule has 0 spiro atoms. The lowest BCUT2D eigenvalue weighted by Crippen LogP contribution is -2.03. The van der Waals surface area contributed by atoms with Crippen molar-refractivity contribution in [2.75, 3.05) is 0 Å². The summed E-state index contributed by atoms with van der Waals surface area (Å²) in [7, 11) is 0. The summed E-state index contributed by atoms with van der Waals surface area (Å²) in [4.78, 5) is 7.54. The van der Waals surface area contributed by atoms with Crippen molar-refractivity contribution in [1.82, 2.24) is 9.13 Å². The standard InChI is InChI=1S/C50H30N4/c1-51-36-25-28-48-43(31-36)44-32-37(52-2)26-29-49(44)53(48)47-27-24-35(33-14-5-3-6-15-33)30-42(47)41-21-13-20-38(34-16-7-4-8-17-34)50(41)54-45-22-11-9-18-39(45)40-19-10-12-23-46(40)54/h3-32H. The van der Waals surface area contributed by atoms with E-state index in [0.29, 0.717) is 11.4 Å². The number of aromatic nitrogens is 2. The Morgan fingerprint density at radius 3 is 1.44 bits per heavy atom. The monoisotopic (exact) mass is 686 g/mol. The third-order valence-electron chi connectivity index (χ3n) is 10.5. The second-order valence-corrected chi connectivity index (χ2v) is 13.5. The Morgan fingerprint density at radius 2 is 0.852 bits per heavy atom. The van der Waals surface area contributed by atoms with Crippen molar-refractivity contribution in [3.05, 3.63) is 205 Å². The highest BCUT2D eigenvalue weighted by atomic mass is 15.0. The van der Waals surface area contributed by atoms with Crippen LogP contribution in [0.2, 0.25) is 0 Å². The summed E-state index contributed by atoms with van der Waals surface area (Å²) in [5, 5.41) is 4.30. The van der Waals surface area contributed by atoms with Gasteiger partial charge in [-0.15, -0.1) is 0 Å². The van der Waals surface area contributed by atoms with E-state index in [-0.39, 0.29) is 0 Å². The zero-order valence-corrected chi connectivity index (χ0v) is 29.1. The Morgan fingerprint density at radius 1 is 0.333 bits per heavy atom. The van der Waals surface area contributed by atoms with Crippen molar-refractivity contribution in [1.29, 1.82) is 0 Å². The van der Waals surface area contributed by atoms with Crippen LogP contribution in [0.3, 0.4) is 0 Å². The quantitative estimate of drug-likeness (QED) is 0.161. The Bertz CT molecular complexity index is 3050. The third-order valence-corrected chi connectivity index (χ3v) is 10.5. The molecule has 0 bridgehead atoms. The van der Waals surface area contributed by atoms with Gasteiger partial charge in [-0.05, 0) is 76.0 Å². The van der Waals surface area contributed by atoms with Gasteiger partial charge in [0, 0.05) is 27.5 Å². The third kappa shape index (κ3) is 4.83. The topological polar surface area (TPSA) is 18.6 Å². The van der Waals surface area contributed by atoms with E-state index >= 15 is 0 Å². The summed E-state index contributed by atoms with van der Waals surface area (Å²) in [5.74, 6) is 0. The first-order chi connectivity index (χ1) is 26.7. The second kappa shape index (κ2) is 12.5. The average Bonchev–Trinajstić information content (AvgIpc) is 3.75. The van der Waals surface area contributed by atoms with Crippen LogP contribution in [-0.4, -0.2) is 9.13 Å². The lowest BCUT2D eigenvalue weighted by Gasteiger charge is -2.22. The van der Waals surface area contributed by atoms with Gasteiger partial charge >= 0.3 is 0 Å². The van der Waals surface area contributed by atoms with Crippen molar-refractivity contribution in [3.8, 4) is 44.8 Å². The van der Waals surface area contributed by atoms with E-state index in [4.69, 9.17) is 13.1 Å². The van der Waals surface area contributed by atoms with Gasteiger partial charge in [0.15, 0.2) is 11.4 Å². The summed E-state index contributed by atoms with van der Waals surface area (Å²) in [6.07, 6.45) is 0. The van der Waals surface area contributed by atoms with Crippen molar-refractivity contribution < 1.29 is 0 Å². The minimum atomic E-state index is 0.568. The largest absolute Gasteiger partial charge is 0.309 e. The van der Waals surface area contributed by atoms with E-state index in [2.05, 4.69) is 164 Å². The Balaban J connectivity index is 1.38. The van der Waals surface area contributed by atoms with Crippen LogP contribution in [-0.2, 0) is 0 Å². The van der Waals surface area contributed by atoms with Crippen LogP contribution in [0, 0.1) is 13.1 Å². The molecule has 4 nitrogen and oxygen atoms in total. The summed E-state index contributed by atoms with van der Waals surface area (Å²) < 4.78 is 4.75. The molecule has 0 aliphatic heterocycles. The molecule has 0 aliphatic rings. The summed E-state index contributed by atoms with van der Waals surface area (Å²) in [6, 6.07) is 63.7. The molecular weight excluding hydrogens is 657 g/mol. The van der Waals surface area contributed by atoms with Gasteiger partial charge in [0.1, 0.15) is 0 Å². The molecule has 0 aliphatic carbocycles. The number of rotatable bonds is 5. The molecule has 0 radical (unpaired) electrons. The number of benzene rings is 8. The highest BCUT2D eigenvalue weighted by Gasteiger charge is 2.23. The van der Waals surface area contributed by atoms with Gasteiger partial charge < -0.3 is 9.13 Å². The van der Waals surface area contributed by atoms with Crippen LogP contribution in [0.15, 0.2) is 182 Å². The highest BCUT2D eigenvalue weighted by molar-refractivity contribution is 6.13. The van der Waals surface area contributed by atoms with Crippen LogP contribution >= 0.6 is 0 Å². The number of hydrogen-bond acceptors (Lipinski definition) is 0. The maximum Gasteiger partial charge on any atom is 0.188 e. The Hall–Kier alpha value is -7.66. The van der Waals surface area contributed by atoms with E-state index in [9.17, 15) is 0 Å². The van der Waals surface area contributed by atoms with Crippen molar-refractivity contribution in [2.24, 2.45) is 0 Å². The van der Waals surface area contributed by atoms with E-state index in [1.165, 1.54) is 10.8 Å². The van der Waals surface area contributed by atoms with Gasteiger partial charge in [-0.25, -0.2) is 9.69 Å². The van der Waals surface area contributed by atoms with Gasteiger partial charge in [-0.1, -0.05) is 133 Å². The fourth-order valence-corrected chi connectivity index (χ4v) is 8.17. The minimum Gasteiger partial charge on any atom is -0.309 e. The van der Waals surface area contributed by atoms with Crippen LogP contribution in [0.5, 0.6) is 0 Å². The molecule has 4 heteroatoms. The lowest BCUT2D eigenvalue weighted by molar-refractivity contribution is 1.16. The van der Waals surface area contributed by atoms with Gasteiger partial charge in [0.25, 0.3) is 0 Å². The molecule has 0 atom stereocenters. The van der Waals surface area contributed by atoms with Crippen LogP contribution in [0.1, 0.15) is 0 Å². The van der Waals surface area contributed by atoms with Crippen molar-refractivity contribution in [3.63, 3.8) is 0 Å². The number of hydrogen-bond donors (Lipinski definition) is 0. The van der Waals surface area contributed by atoms with Crippen LogP contribution in [0.4, 0.5) is 11.4 Å². The maximum absolute atomic E-state index is 7.79. The van der Waals surface area contributed by atoms with Gasteiger partial charge in [-0.2, -0.15) is 0 Å². The zero-order chi connectivity index (χ0) is 36.2. The van der Waals surface area contributed by atoms with Crippen molar-refractivity contribution in [2.45, 2.75) is 0 Å². The maximum atomic E-state index is 7.79. The summed E-state index contributed by atoms with van der Waals surface area (Å²) in [5.41, 5.74) is 14.1. The molecular formula is C50H30N4. The molecule has 0 saturated carbocycles. The predicted molar refractivity (Wildman–Crippen MR) is 224 cm³/mol. The van der Waals surface area contributed by atoms with E-state index < -0.39 is 0 Å². The van der Waals surface area contributed by atoms with Gasteiger partial charge in [0.05, 0.1) is 46.6 Å². The van der Waals surface area contributed by atoms with Crippen molar-refractivity contribution >= 4 is 55.0 Å². The fraction of sp³-hybridized carbons (Fsp3) is 0. The van der Waals surface area contributed by atoms with E-state index in [1.54, 1.807) is 0 Å². The summed E-state index contributed by atoms with van der Waals surface area (Å²) >= 11 is 0. The molecule has 0 unspecified atom stereocenters. The van der Waals surface area contributed by atoms with Gasteiger partial charge in [-0.3, -0.25) is 0 Å². The minimum absolute atomic E-state index is 0.568. The number of para-hydroxylation sites is 3. The number of fused-ring (bicyclic) bond motifs is 6.